The Balaban J connectivity index is 2.46. The highest BCUT2D eigenvalue weighted by Crippen LogP contribution is 2.33. The molecule has 0 fully saturated rings. The lowest BCUT2D eigenvalue weighted by Crippen LogP contribution is -2.21. The largest absolute Gasteiger partial charge is 0.342 e. The predicted molar refractivity (Wildman–Crippen MR) is 92.0 cm³/mol. The molecule has 2 nitrogen and oxygen atoms in total. The number of rotatable bonds is 6. The lowest BCUT2D eigenvalue weighted by atomic mass is 9.80. The second kappa shape index (κ2) is 5.82. The molecule has 2 heteroatoms. The van der Waals surface area contributed by atoms with Gasteiger partial charge in [-0.25, -0.2) is 4.98 Å². The average Bonchev–Trinajstić information content (AvgIpc) is 2.89. The summed E-state index contributed by atoms with van der Waals surface area (Å²) < 4.78 is 0. The fourth-order valence-electron chi connectivity index (χ4n) is 3.07. The van der Waals surface area contributed by atoms with E-state index in [2.05, 4.69) is 64.7 Å². The summed E-state index contributed by atoms with van der Waals surface area (Å²) in [5.41, 5.74) is 4.04. The quantitative estimate of drug-likeness (QED) is 0.723. The molecule has 1 heterocycles. The SMILES string of the molecule is CCCC(C)(C)c1ccc2[nH]c(C(C)(CC)CC)nc2c1. The van der Waals surface area contributed by atoms with Gasteiger partial charge < -0.3 is 4.98 Å². The third-order valence-corrected chi connectivity index (χ3v) is 5.27. The summed E-state index contributed by atoms with van der Waals surface area (Å²) in [7, 11) is 0. The predicted octanol–water partition coefficient (Wildman–Crippen LogP) is 5.72. The van der Waals surface area contributed by atoms with Crippen LogP contribution in [0.3, 0.4) is 0 Å². The number of nitrogens with one attached hydrogen (secondary N) is 1. The van der Waals surface area contributed by atoms with Gasteiger partial charge in [-0.3, -0.25) is 0 Å². The minimum Gasteiger partial charge on any atom is -0.342 e. The van der Waals surface area contributed by atoms with Crippen LogP contribution in [0.15, 0.2) is 18.2 Å². The number of fused-ring (bicyclic) bond motifs is 1. The van der Waals surface area contributed by atoms with Crippen LogP contribution < -0.4 is 0 Å². The van der Waals surface area contributed by atoms with Crippen molar-refractivity contribution in [3.05, 3.63) is 29.6 Å². The molecule has 0 radical (unpaired) electrons. The van der Waals surface area contributed by atoms with Crippen molar-refractivity contribution in [1.82, 2.24) is 9.97 Å². The molecule has 1 aromatic carbocycles. The Hall–Kier alpha value is -1.31. The van der Waals surface area contributed by atoms with Crippen molar-refractivity contribution in [2.45, 2.75) is 78.1 Å². The van der Waals surface area contributed by atoms with Gasteiger partial charge in [0.2, 0.25) is 0 Å². The molecule has 0 unspecified atom stereocenters. The van der Waals surface area contributed by atoms with E-state index in [0.717, 1.165) is 29.7 Å². The Kier molecular flexibility index (Phi) is 4.46. The average molecular weight is 286 g/mol. The highest BCUT2D eigenvalue weighted by Gasteiger charge is 2.26. The highest BCUT2D eigenvalue weighted by atomic mass is 14.9. The van der Waals surface area contributed by atoms with E-state index in [9.17, 15) is 0 Å². The van der Waals surface area contributed by atoms with Gasteiger partial charge >= 0.3 is 0 Å². The molecular weight excluding hydrogens is 256 g/mol. The fourth-order valence-corrected chi connectivity index (χ4v) is 3.07. The van der Waals surface area contributed by atoms with Crippen LogP contribution >= 0.6 is 0 Å². The zero-order valence-corrected chi connectivity index (χ0v) is 14.5. The number of H-pyrrole nitrogens is 1. The number of benzene rings is 1. The number of nitrogens with zero attached hydrogens (tertiary/aromatic N) is 1. The molecule has 2 aromatic rings. The van der Waals surface area contributed by atoms with E-state index in [1.807, 2.05) is 0 Å². The number of aromatic amines is 1. The van der Waals surface area contributed by atoms with Crippen LogP contribution in [0.25, 0.3) is 11.0 Å². The minimum absolute atomic E-state index is 0.151. The van der Waals surface area contributed by atoms with Gasteiger partial charge in [-0.2, -0.15) is 0 Å². The van der Waals surface area contributed by atoms with Crippen molar-refractivity contribution in [3.8, 4) is 0 Å². The molecular formula is C19H30N2. The normalized spacial score (nSPS) is 13.0. The molecule has 0 aliphatic carbocycles. The smallest absolute Gasteiger partial charge is 0.113 e. The van der Waals surface area contributed by atoms with E-state index in [0.29, 0.717) is 0 Å². The molecule has 1 aromatic heterocycles. The molecule has 2 rings (SSSR count). The maximum Gasteiger partial charge on any atom is 0.113 e. The van der Waals surface area contributed by atoms with Crippen LogP contribution in [-0.4, -0.2) is 9.97 Å². The zero-order chi connectivity index (χ0) is 15.7. The molecule has 21 heavy (non-hydrogen) atoms. The molecule has 0 spiro atoms. The molecule has 116 valence electrons. The van der Waals surface area contributed by atoms with E-state index in [1.165, 1.54) is 18.4 Å². The van der Waals surface area contributed by atoms with Crippen molar-refractivity contribution in [2.75, 3.05) is 0 Å². The maximum atomic E-state index is 4.91. The molecule has 0 aliphatic rings. The molecule has 0 atom stereocenters. The monoisotopic (exact) mass is 286 g/mol. The van der Waals surface area contributed by atoms with Gasteiger partial charge in [0.15, 0.2) is 0 Å². The standard InChI is InChI=1S/C19H30N2/c1-7-12-18(4,5)14-10-11-15-16(13-14)21-17(20-15)19(6,8-2)9-3/h10-11,13H,7-9,12H2,1-6H3,(H,20,21). The Morgan fingerprint density at radius 2 is 1.71 bits per heavy atom. The molecule has 0 aliphatic heterocycles. The van der Waals surface area contributed by atoms with Gasteiger partial charge in [-0.05, 0) is 42.4 Å². The van der Waals surface area contributed by atoms with Crippen LogP contribution in [0.4, 0.5) is 0 Å². The lowest BCUT2D eigenvalue weighted by Gasteiger charge is -2.24. The molecule has 0 saturated heterocycles. The van der Waals surface area contributed by atoms with Crippen molar-refractivity contribution in [2.24, 2.45) is 0 Å². The van der Waals surface area contributed by atoms with Gasteiger partial charge in [0.25, 0.3) is 0 Å². The first kappa shape index (κ1) is 16.1. The minimum atomic E-state index is 0.151. The van der Waals surface area contributed by atoms with Gasteiger partial charge in [0.05, 0.1) is 11.0 Å². The summed E-state index contributed by atoms with van der Waals surface area (Å²) in [6.07, 6.45) is 4.63. The van der Waals surface area contributed by atoms with Gasteiger partial charge in [0, 0.05) is 5.41 Å². The van der Waals surface area contributed by atoms with Crippen molar-refractivity contribution in [1.29, 1.82) is 0 Å². The summed E-state index contributed by atoms with van der Waals surface area (Å²) in [6, 6.07) is 6.73. The Bertz CT molecular complexity index is 603. The topological polar surface area (TPSA) is 28.7 Å². The van der Waals surface area contributed by atoms with Crippen LogP contribution in [0.5, 0.6) is 0 Å². The van der Waals surface area contributed by atoms with E-state index in [1.54, 1.807) is 0 Å². The van der Waals surface area contributed by atoms with Gasteiger partial charge in [-0.15, -0.1) is 0 Å². The van der Waals surface area contributed by atoms with E-state index < -0.39 is 0 Å². The first-order valence-electron chi connectivity index (χ1n) is 8.37. The van der Waals surface area contributed by atoms with E-state index >= 15 is 0 Å². The lowest BCUT2D eigenvalue weighted by molar-refractivity contribution is 0.416. The summed E-state index contributed by atoms with van der Waals surface area (Å²) in [5, 5.41) is 0. The van der Waals surface area contributed by atoms with Crippen molar-refractivity contribution >= 4 is 11.0 Å². The zero-order valence-electron chi connectivity index (χ0n) is 14.5. The third kappa shape index (κ3) is 3.00. The Labute approximate surface area is 129 Å². The van der Waals surface area contributed by atoms with Crippen LogP contribution in [0.1, 0.15) is 78.6 Å². The van der Waals surface area contributed by atoms with Crippen molar-refractivity contribution < 1.29 is 0 Å². The summed E-state index contributed by atoms with van der Waals surface area (Å²) in [4.78, 5) is 8.44. The summed E-state index contributed by atoms with van der Waals surface area (Å²) in [6.45, 7) is 13.7. The Morgan fingerprint density at radius 1 is 1.05 bits per heavy atom. The van der Waals surface area contributed by atoms with Gasteiger partial charge in [-0.1, -0.05) is 54.0 Å². The fraction of sp³-hybridized carbons (Fsp3) is 0.632. The number of imidazole rings is 1. The second-order valence-electron chi connectivity index (χ2n) is 7.22. The molecule has 0 amide bonds. The molecule has 0 bridgehead atoms. The van der Waals surface area contributed by atoms with Crippen molar-refractivity contribution in [3.63, 3.8) is 0 Å². The maximum absolute atomic E-state index is 4.91. The molecule has 0 saturated carbocycles. The van der Waals surface area contributed by atoms with Crippen LogP contribution in [-0.2, 0) is 10.8 Å². The van der Waals surface area contributed by atoms with E-state index in [4.69, 9.17) is 4.98 Å². The Morgan fingerprint density at radius 3 is 2.29 bits per heavy atom. The van der Waals surface area contributed by atoms with Crippen LogP contribution in [0.2, 0.25) is 0 Å². The summed E-state index contributed by atoms with van der Waals surface area (Å²) in [5.74, 6) is 1.13. The molecule has 1 N–H and O–H groups in total. The first-order chi connectivity index (χ1) is 9.86. The van der Waals surface area contributed by atoms with Gasteiger partial charge in [0.1, 0.15) is 5.82 Å². The highest BCUT2D eigenvalue weighted by molar-refractivity contribution is 5.76. The number of hydrogen-bond donors (Lipinski definition) is 1. The summed E-state index contributed by atoms with van der Waals surface area (Å²) >= 11 is 0. The first-order valence-corrected chi connectivity index (χ1v) is 8.37. The van der Waals surface area contributed by atoms with Crippen LogP contribution in [0, 0.1) is 0 Å². The number of hydrogen-bond acceptors (Lipinski definition) is 1. The second-order valence-corrected chi connectivity index (χ2v) is 7.22. The van der Waals surface area contributed by atoms with E-state index in [-0.39, 0.29) is 10.8 Å². The third-order valence-electron chi connectivity index (χ3n) is 5.27. The number of aromatic nitrogens is 2.